The molecule has 98 valence electrons. The lowest BCUT2D eigenvalue weighted by molar-refractivity contribution is -0.147. The second-order valence-corrected chi connectivity index (χ2v) is 4.30. The molecule has 0 amide bonds. The second kappa shape index (κ2) is 7.07. The molecular weight excluding hydrogens is 274 g/mol. The van der Waals surface area contributed by atoms with Crippen LogP contribution in [0, 0.1) is 0 Å². The maximum atomic E-state index is 10.3. The summed E-state index contributed by atoms with van der Waals surface area (Å²) < 4.78 is 22.2. The first-order valence-electron chi connectivity index (χ1n) is 3.23. The molecule has 1 unspecified atom stereocenters. The molecule has 0 aliphatic carbocycles. The Bertz CT molecular complexity index is 290. The standard InChI is InChI=1S/C3H7O7P.H3O4P/c4-1-2(5)3(6)10-11(7,8)9;1-5(2,3)4/h2,4-5H,1H2,(H2,7,8,9);(H3,1,2,3,4). The quantitative estimate of drug-likeness (QED) is 0.261. The molecule has 0 aromatic heterocycles. The molecule has 0 saturated carbocycles. The second-order valence-electron chi connectivity index (χ2n) is 2.11. The number of carbonyl (C=O) groups excluding carboxylic acids is 1. The lowest BCUT2D eigenvalue weighted by Crippen LogP contribution is -2.25. The Hall–Kier alpha value is -0.350. The normalized spacial score (nSPS) is 13.4. The molecule has 0 fully saturated rings. The average molecular weight is 284 g/mol. The van der Waals surface area contributed by atoms with Crippen molar-refractivity contribution in [3.63, 3.8) is 0 Å². The van der Waals surface area contributed by atoms with Crippen molar-refractivity contribution in [3.8, 4) is 0 Å². The minimum Gasteiger partial charge on any atom is -0.393 e. The van der Waals surface area contributed by atoms with E-state index in [4.69, 9.17) is 39.2 Å². The van der Waals surface area contributed by atoms with Crippen molar-refractivity contribution in [2.75, 3.05) is 6.61 Å². The van der Waals surface area contributed by atoms with E-state index in [-0.39, 0.29) is 0 Å². The molecular formula is C3H10O11P2. The van der Waals surface area contributed by atoms with Gasteiger partial charge in [-0.1, -0.05) is 0 Å². The molecule has 0 aliphatic heterocycles. The van der Waals surface area contributed by atoms with Crippen molar-refractivity contribution >= 4 is 21.6 Å². The van der Waals surface area contributed by atoms with Crippen LogP contribution in [0.2, 0.25) is 0 Å². The number of phosphoric ester groups is 1. The van der Waals surface area contributed by atoms with Gasteiger partial charge in [0.25, 0.3) is 0 Å². The van der Waals surface area contributed by atoms with Gasteiger partial charge in [-0.25, -0.2) is 13.9 Å². The fourth-order valence-electron chi connectivity index (χ4n) is 0.253. The summed E-state index contributed by atoms with van der Waals surface area (Å²) in [5, 5.41) is 16.5. The highest BCUT2D eigenvalue weighted by atomic mass is 31.2. The summed E-state index contributed by atoms with van der Waals surface area (Å²) in [5.41, 5.74) is 0. The van der Waals surface area contributed by atoms with Crippen molar-refractivity contribution in [3.05, 3.63) is 0 Å². The first-order valence-corrected chi connectivity index (χ1v) is 6.32. The van der Waals surface area contributed by atoms with Gasteiger partial charge in [-0.05, 0) is 0 Å². The third kappa shape index (κ3) is 19.3. The zero-order chi connectivity index (χ0) is 13.6. The zero-order valence-electron chi connectivity index (χ0n) is 7.44. The monoisotopic (exact) mass is 284 g/mol. The predicted molar refractivity (Wildman–Crippen MR) is 45.5 cm³/mol. The molecule has 0 saturated heterocycles. The van der Waals surface area contributed by atoms with E-state index in [2.05, 4.69) is 4.52 Å². The number of hydrogen-bond donors (Lipinski definition) is 7. The highest BCUT2D eigenvalue weighted by Crippen LogP contribution is 2.36. The Morgan fingerprint density at radius 1 is 1.12 bits per heavy atom. The lowest BCUT2D eigenvalue weighted by atomic mass is 10.4. The molecule has 13 heteroatoms. The Balaban J connectivity index is 0. The van der Waals surface area contributed by atoms with Crippen molar-refractivity contribution in [1.82, 2.24) is 0 Å². The summed E-state index contributed by atoms with van der Waals surface area (Å²) in [6.45, 7) is -0.946. The van der Waals surface area contributed by atoms with Crippen LogP contribution in [0.5, 0.6) is 0 Å². The van der Waals surface area contributed by atoms with Gasteiger partial charge in [0, 0.05) is 0 Å². The van der Waals surface area contributed by atoms with Gasteiger partial charge in [-0.3, -0.25) is 9.79 Å². The van der Waals surface area contributed by atoms with Crippen LogP contribution in [-0.4, -0.2) is 53.4 Å². The van der Waals surface area contributed by atoms with Gasteiger partial charge in [-0.2, -0.15) is 0 Å². The highest BCUT2D eigenvalue weighted by Gasteiger charge is 2.25. The topological polar surface area (TPSA) is 202 Å². The van der Waals surface area contributed by atoms with Crippen molar-refractivity contribution in [1.29, 1.82) is 0 Å². The molecule has 0 aromatic carbocycles. The van der Waals surface area contributed by atoms with E-state index in [1.54, 1.807) is 0 Å². The summed E-state index contributed by atoms with van der Waals surface area (Å²) in [7, 11) is -9.55. The maximum absolute atomic E-state index is 10.3. The van der Waals surface area contributed by atoms with Gasteiger partial charge < -0.3 is 29.4 Å². The highest BCUT2D eigenvalue weighted by molar-refractivity contribution is 7.46. The molecule has 0 rings (SSSR count). The fraction of sp³-hybridized carbons (Fsp3) is 0.667. The van der Waals surface area contributed by atoms with Gasteiger partial charge in [-0.15, -0.1) is 0 Å². The van der Waals surface area contributed by atoms with Crippen molar-refractivity contribution < 1.29 is 53.1 Å². The summed E-state index contributed by atoms with van der Waals surface area (Å²) in [5.74, 6) is -1.55. The summed E-state index contributed by atoms with van der Waals surface area (Å²) in [6.07, 6.45) is -1.91. The van der Waals surface area contributed by atoms with Gasteiger partial charge in [0.15, 0.2) is 6.10 Å². The fourth-order valence-corrected chi connectivity index (χ4v) is 0.609. The molecule has 11 nitrogen and oxygen atoms in total. The van der Waals surface area contributed by atoms with Crippen LogP contribution in [-0.2, 0) is 18.4 Å². The number of hydrogen-bond acceptors (Lipinski definition) is 6. The van der Waals surface area contributed by atoms with Crippen molar-refractivity contribution in [2.24, 2.45) is 0 Å². The summed E-state index contributed by atoms with van der Waals surface area (Å²) in [6, 6.07) is 0. The first kappa shape index (κ1) is 18.0. The smallest absolute Gasteiger partial charge is 0.393 e. The maximum Gasteiger partial charge on any atom is 0.527 e. The summed E-state index contributed by atoms with van der Waals surface area (Å²) in [4.78, 5) is 47.8. The lowest BCUT2D eigenvalue weighted by Gasteiger charge is -2.07. The van der Waals surface area contributed by atoms with Crippen molar-refractivity contribution in [2.45, 2.75) is 6.10 Å². The van der Waals surface area contributed by atoms with E-state index >= 15 is 0 Å². The number of phosphoric acid groups is 2. The minimum atomic E-state index is -4.91. The molecule has 0 spiro atoms. The first-order chi connectivity index (χ1) is 6.87. The van der Waals surface area contributed by atoms with Crippen LogP contribution in [0.4, 0.5) is 0 Å². The van der Waals surface area contributed by atoms with Gasteiger partial charge in [0.2, 0.25) is 0 Å². The van der Waals surface area contributed by atoms with Gasteiger partial charge in [0.05, 0.1) is 6.61 Å². The molecule has 0 radical (unpaired) electrons. The van der Waals surface area contributed by atoms with Crippen LogP contribution in [0.15, 0.2) is 0 Å². The van der Waals surface area contributed by atoms with Crippen LogP contribution in [0.1, 0.15) is 0 Å². The molecule has 7 N–H and O–H groups in total. The number of carbonyl (C=O) groups is 1. The molecule has 0 aliphatic rings. The van der Waals surface area contributed by atoms with Gasteiger partial charge >= 0.3 is 21.6 Å². The van der Waals surface area contributed by atoms with E-state index in [1.165, 1.54) is 0 Å². The Morgan fingerprint density at radius 3 is 1.62 bits per heavy atom. The van der Waals surface area contributed by atoms with Crippen LogP contribution in [0.3, 0.4) is 0 Å². The Kier molecular flexibility index (Phi) is 7.96. The van der Waals surface area contributed by atoms with Crippen LogP contribution < -0.4 is 0 Å². The molecule has 0 bridgehead atoms. The molecule has 0 aromatic rings. The zero-order valence-corrected chi connectivity index (χ0v) is 9.23. The number of aliphatic hydroxyl groups excluding tert-OH is 2. The minimum absolute atomic E-state index is 0.946. The summed E-state index contributed by atoms with van der Waals surface area (Å²) >= 11 is 0. The van der Waals surface area contributed by atoms with E-state index in [1.807, 2.05) is 0 Å². The van der Waals surface area contributed by atoms with Gasteiger partial charge in [0.1, 0.15) is 0 Å². The Morgan fingerprint density at radius 2 is 1.44 bits per heavy atom. The van der Waals surface area contributed by atoms with Crippen LogP contribution in [0.25, 0.3) is 0 Å². The predicted octanol–water partition coefficient (Wildman–Crippen LogP) is -2.95. The third-order valence-corrected chi connectivity index (χ3v) is 1.07. The largest absolute Gasteiger partial charge is 0.527 e. The molecule has 16 heavy (non-hydrogen) atoms. The van der Waals surface area contributed by atoms with E-state index in [0.717, 1.165) is 0 Å². The van der Waals surface area contributed by atoms with E-state index < -0.39 is 34.3 Å². The van der Waals surface area contributed by atoms with Crippen LogP contribution >= 0.6 is 15.6 Å². The number of rotatable bonds is 3. The van der Waals surface area contributed by atoms with E-state index in [9.17, 15) is 9.36 Å². The average Bonchev–Trinajstić information content (AvgIpc) is 1.96. The number of aliphatic hydroxyl groups is 2. The Labute approximate surface area is 88.4 Å². The van der Waals surface area contributed by atoms with E-state index in [0.29, 0.717) is 0 Å². The molecule has 0 heterocycles. The third-order valence-electron chi connectivity index (χ3n) is 0.654. The SMILES string of the molecule is O=C(OP(=O)(O)O)C(O)CO.O=P(O)(O)O. The molecule has 1 atom stereocenters.